The average Bonchev–Trinajstić information content (AvgIpc) is 2.34. The van der Waals surface area contributed by atoms with Crippen molar-refractivity contribution in [3.05, 3.63) is 29.6 Å². The second kappa shape index (κ2) is 6.32. The third-order valence-electron chi connectivity index (χ3n) is 3.06. The molecule has 0 bridgehead atoms. The average molecular weight is 302 g/mol. The van der Waals surface area contributed by atoms with E-state index in [9.17, 15) is 17.6 Å². The first-order valence-corrected chi connectivity index (χ1v) is 7.84. The van der Waals surface area contributed by atoms with Gasteiger partial charge in [0.05, 0.1) is 0 Å². The molecule has 0 saturated carbocycles. The highest BCUT2D eigenvalue weighted by Crippen LogP contribution is 2.16. The smallest absolute Gasteiger partial charge is 0.251 e. The molecule has 0 spiro atoms. The van der Waals surface area contributed by atoms with Gasteiger partial charge in [-0.2, -0.15) is 0 Å². The van der Waals surface area contributed by atoms with Gasteiger partial charge in [0.25, 0.3) is 5.91 Å². The maximum absolute atomic E-state index is 13.4. The van der Waals surface area contributed by atoms with E-state index >= 15 is 0 Å². The number of sulfonamides is 1. The van der Waals surface area contributed by atoms with Crippen LogP contribution in [0.3, 0.4) is 0 Å². The molecule has 1 atom stereocenters. The summed E-state index contributed by atoms with van der Waals surface area (Å²) in [6.45, 7) is 5.87. The Kier molecular flexibility index (Phi) is 5.24. The number of benzene rings is 1. The first-order valence-electron chi connectivity index (χ1n) is 6.30. The van der Waals surface area contributed by atoms with E-state index in [0.717, 1.165) is 18.6 Å². The van der Waals surface area contributed by atoms with Gasteiger partial charge in [-0.05, 0) is 30.5 Å². The van der Waals surface area contributed by atoms with Crippen molar-refractivity contribution in [3.8, 4) is 0 Å². The third-order valence-corrected chi connectivity index (χ3v) is 3.99. The number of hydrogen-bond acceptors (Lipinski definition) is 3. The Labute approximate surface area is 118 Å². The maximum atomic E-state index is 13.4. The van der Waals surface area contributed by atoms with Crippen LogP contribution in [0.4, 0.5) is 4.39 Å². The fraction of sp³-hybridized carbons (Fsp3) is 0.462. The molecule has 1 rings (SSSR count). The van der Waals surface area contributed by atoms with Crippen molar-refractivity contribution in [2.75, 3.05) is 0 Å². The van der Waals surface area contributed by atoms with Crippen molar-refractivity contribution in [1.82, 2.24) is 5.32 Å². The zero-order chi connectivity index (χ0) is 15.5. The van der Waals surface area contributed by atoms with E-state index in [4.69, 9.17) is 5.14 Å². The second-order valence-electron chi connectivity index (χ2n) is 4.92. The summed E-state index contributed by atoms with van der Waals surface area (Å²) >= 11 is 0. The van der Waals surface area contributed by atoms with Crippen molar-refractivity contribution in [2.24, 2.45) is 11.1 Å². The molecule has 0 aliphatic rings. The predicted molar refractivity (Wildman–Crippen MR) is 74.2 cm³/mol. The molecule has 1 aromatic carbocycles. The molecule has 112 valence electrons. The van der Waals surface area contributed by atoms with Crippen LogP contribution in [0.25, 0.3) is 0 Å². The minimum Gasteiger partial charge on any atom is -0.349 e. The Bertz CT molecular complexity index is 600. The number of rotatable bonds is 5. The van der Waals surface area contributed by atoms with Gasteiger partial charge in [0.1, 0.15) is 10.7 Å². The highest BCUT2D eigenvalue weighted by atomic mass is 32.2. The highest BCUT2D eigenvalue weighted by Gasteiger charge is 2.19. The lowest BCUT2D eigenvalue weighted by atomic mass is 10.0. The molecular weight excluding hydrogens is 283 g/mol. The third kappa shape index (κ3) is 4.01. The number of nitrogens with one attached hydrogen (secondary N) is 1. The topological polar surface area (TPSA) is 89.3 Å². The number of primary sulfonamides is 1. The predicted octanol–water partition coefficient (Wildman–Crippen LogP) is 1.64. The first-order chi connectivity index (χ1) is 9.16. The number of nitrogens with two attached hydrogens (primary N) is 1. The summed E-state index contributed by atoms with van der Waals surface area (Å²) in [6, 6.07) is 3.07. The molecule has 0 aliphatic carbocycles. The number of carbonyl (C=O) groups is 1. The molecule has 0 aromatic heterocycles. The van der Waals surface area contributed by atoms with Gasteiger partial charge in [-0.15, -0.1) is 0 Å². The lowest BCUT2D eigenvalue weighted by Gasteiger charge is -2.20. The van der Waals surface area contributed by atoms with Crippen molar-refractivity contribution >= 4 is 15.9 Å². The molecule has 7 heteroatoms. The first kappa shape index (κ1) is 16.6. The molecule has 20 heavy (non-hydrogen) atoms. The monoisotopic (exact) mass is 302 g/mol. The van der Waals surface area contributed by atoms with Gasteiger partial charge in [0.2, 0.25) is 10.0 Å². The van der Waals surface area contributed by atoms with E-state index in [1.54, 1.807) is 0 Å². The second-order valence-corrected chi connectivity index (χ2v) is 6.45. The molecule has 3 N–H and O–H groups in total. The molecule has 1 unspecified atom stereocenters. The quantitative estimate of drug-likeness (QED) is 0.866. The van der Waals surface area contributed by atoms with E-state index in [2.05, 4.69) is 5.32 Å². The summed E-state index contributed by atoms with van der Waals surface area (Å²) in [6.07, 6.45) is 0.743. The van der Waals surface area contributed by atoms with Crippen LogP contribution >= 0.6 is 0 Å². The molecule has 0 saturated heterocycles. The summed E-state index contributed by atoms with van der Waals surface area (Å²) in [5.41, 5.74) is 0.0644. The van der Waals surface area contributed by atoms with E-state index in [1.165, 1.54) is 6.07 Å². The molecule has 1 amide bonds. The molecule has 5 nitrogen and oxygen atoms in total. The molecule has 0 radical (unpaired) electrons. The Morgan fingerprint density at radius 3 is 2.45 bits per heavy atom. The lowest BCUT2D eigenvalue weighted by Crippen LogP contribution is -2.38. The van der Waals surface area contributed by atoms with Gasteiger partial charge in [0, 0.05) is 11.6 Å². The van der Waals surface area contributed by atoms with Crippen LogP contribution < -0.4 is 10.5 Å². The van der Waals surface area contributed by atoms with Gasteiger partial charge in [0.15, 0.2) is 0 Å². The summed E-state index contributed by atoms with van der Waals surface area (Å²) in [7, 11) is -4.19. The number of amides is 1. The van der Waals surface area contributed by atoms with Crippen LogP contribution in [0.2, 0.25) is 0 Å². The lowest BCUT2D eigenvalue weighted by molar-refractivity contribution is 0.0924. The van der Waals surface area contributed by atoms with Crippen LogP contribution in [-0.2, 0) is 10.0 Å². The number of carbonyl (C=O) groups excluding carboxylic acids is 1. The molecule has 0 fully saturated rings. The maximum Gasteiger partial charge on any atom is 0.251 e. The van der Waals surface area contributed by atoms with Crippen LogP contribution in [0.5, 0.6) is 0 Å². The van der Waals surface area contributed by atoms with Crippen molar-refractivity contribution in [3.63, 3.8) is 0 Å². The van der Waals surface area contributed by atoms with Crippen molar-refractivity contribution in [2.45, 2.75) is 38.1 Å². The summed E-state index contributed by atoms with van der Waals surface area (Å²) < 4.78 is 35.8. The zero-order valence-electron chi connectivity index (χ0n) is 11.7. The fourth-order valence-electron chi connectivity index (χ4n) is 1.85. The van der Waals surface area contributed by atoms with Gasteiger partial charge in [-0.1, -0.05) is 20.8 Å². The van der Waals surface area contributed by atoms with Crippen molar-refractivity contribution in [1.29, 1.82) is 0 Å². The van der Waals surface area contributed by atoms with E-state index in [-0.39, 0.29) is 17.5 Å². The van der Waals surface area contributed by atoms with E-state index < -0.39 is 26.6 Å². The summed E-state index contributed by atoms with van der Waals surface area (Å²) in [5, 5.41) is 7.69. The standard InChI is InChI=1S/C13H19FN2O3S/c1-4-11(8(2)3)16-13(17)9-5-6-10(14)12(7-9)20(15,18)19/h5-8,11H,4H2,1-3H3,(H,16,17)(H2,15,18,19). The molecule has 1 aromatic rings. The Hall–Kier alpha value is -1.47. The minimum atomic E-state index is -4.19. The van der Waals surface area contributed by atoms with Crippen molar-refractivity contribution < 1.29 is 17.6 Å². The van der Waals surface area contributed by atoms with E-state index in [0.29, 0.717) is 0 Å². The van der Waals surface area contributed by atoms with Gasteiger partial charge >= 0.3 is 0 Å². The molecule has 0 aliphatic heterocycles. The number of hydrogen-bond donors (Lipinski definition) is 2. The molecule has 0 heterocycles. The highest BCUT2D eigenvalue weighted by molar-refractivity contribution is 7.89. The van der Waals surface area contributed by atoms with Crippen LogP contribution in [0, 0.1) is 11.7 Å². The summed E-state index contributed by atoms with van der Waals surface area (Å²) in [5.74, 6) is -1.18. The minimum absolute atomic E-state index is 0.0366. The zero-order valence-corrected chi connectivity index (χ0v) is 12.5. The SMILES string of the molecule is CCC(NC(=O)c1ccc(F)c(S(N)(=O)=O)c1)C(C)C. The Morgan fingerprint density at radius 1 is 1.40 bits per heavy atom. The van der Waals surface area contributed by atoms with Gasteiger partial charge in [-0.25, -0.2) is 17.9 Å². The normalized spacial score (nSPS) is 13.3. The Balaban J connectivity index is 3.07. The van der Waals surface area contributed by atoms with Crippen LogP contribution in [0.1, 0.15) is 37.6 Å². The van der Waals surface area contributed by atoms with Gasteiger partial charge < -0.3 is 5.32 Å². The van der Waals surface area contributed by atoms with Crippen LogP contribution in [0.15, 0.2) is 23.1 Å². The van der Waals surface area contributed by atoms with Crippen LogP contribution in [-0.4, -0.2) is 20.4 Å². The Morgan fingerprint density at radius 2 is 2.00 bits per heavy atom. The largest absolute Gasteiger partial charge is 0.349 e. The fourth-order valence-corrected chi connectivity index (χ4v) is 2.49. The molecular formula is C13H19FN2O3S. The van der Waals surface area contributed by atoms with Gasteiger partial charge in [-0.3, -0.25) is 4.79 Å². The summed E-state index contributed by atoms with van der Waals surface area (Å²) in [4.78, 5) is 11.4. The number of halogens is 1. The van der Waals surface area contributed by atoms with E-state index in [1.807, 2.05) is 20.8 Å².